The van der Waals surface area contributed by atoms with Crippen LogP contribution < -0.4 is 15.7 Å². The number of hydrogen-bond donors (Lipinski definition) is 3. The number of para-hydroxylation sites is 1. The first-order valence-corrected chi connectivity index (χ1v) is 8.87. The molecule has 2 aliphatic rings. The van der Waals surface area contributed by atoms with Gasteiger partial charge in [0.15, 0.2) is 0 Å². The number of carbonyl (C=O) groups is 1. The highest BCUT2D eigenvalue weighted by Gasteiger charge is 2.56. The maximum atomic E-state index is 11.3. The van der Waals surface area contributed by atoms with Crippen LogP contribution in [0.1, 0.15) is 10.4 Å². The summed E-state index contributed by atoms with van der Waals surface area (Å²) in [6.45, 7) is 1.75. The summed E-state index contributed by atoms with van der Waals surface area (Å²) in [4.78, 5) is 26.6. The first-order chi connectivity index (χ1) is 13.2. The van der Waals surface area contributed by atoms with Gasteiger partial charge < -0.3 is 10.2 Å². The van der Waals surface area contributed by atoms with Crippen molar-refractivity contribution in [3.8, 4) is 0 Å². The molecule has 2 atom stereocenters. The van der Waals surface area contributed by atoms with Gasteiger partial charge in [-0.1, -0.05) is 18.2 Å². The van der Waals surface area contributed by atoms with Crippen LogP contribution in [-0.4, -0.2) is 45.2 Å². The second-order valence-electron chi connectivity index (χ2n) is 7.00. The Kier molecular flexibility index (Phi) is 3.64. The van der Waals surface area contributed by atoms with E-state index in [0.29, 0.717) is 23.8 Å². The minimum atomic E-state index is -0.613. The van der Waals surface area contributed by atoms with Crippen molar-refractivity contribution in [1.82, 2.24) is 20.4 Å². The lowest BCUT2D eigenvalue weighted by atomic mass is 10.2. The summed E-state index contributed by atoms with van der Waals surface area (Å²) in [6.07, 6.45) is 2.85. The summed E-state index contributed by atoms with van der Waals surface area (Å²) < 4.78 is 0. The van der Waals surface area contributed by atoms with E-state index in [4.69, 9.17) is 5.21 Å². The van der Waals surface area contributed by atoms with Crippen LogP contribution in [-0.2, 0) is 0 Å². The molecular weight excluding hydrogens is 344 g/mol. The van der Waals surface area contributed by atoms with Gasteiger partial charge >= 0.3 is 0 Å². The molecule has 5 rings (SSSR count). The molecule has 3 N–H and O–H groups in total. The highest BCUT2D eigenvalue weighted by molar-refractivity contribution is 5.92. The molecule has 1 aliphatic heterocycles. The first-order valence-electron chi connectivity index (χ1n) is 8.87. The molecule has 0 radical (unpaired) electrons. The van der Waals surface area contributed by atoms with Crippen LogP contribution in [0.15, 0.2) is 48.8 Å². The van der Waals surface area contributed by atoms with Gasteiger partial charge in [-0.15, -0.1) is 0 Å². The fourth-order valence-electron chi connectivity index (χ4n) is 3.89. The zero-order chi connectivity index (χ0) is 18.4. The summed E-state index contributed by atoms with van der Waals surface area (Å²) >= 11 is 0. The molecule has 2 unspecified atom stereocenters. The Morgan fingerprint density at radius 1 is 1.07 bits per heavy atom. The number of hydrogen-bond acceptors (Lipinski definition) is 7. The minimum absolute atomic E-state index is 0.229. The lowest BCUT2D eigenvalue weighted by Crippen LogP contribution is -2.29. The number of anilines is 2. The number of hydroxylamine groups is 1. The number of nitrogens with zero attached hydrogens (tertiary/aromatic N) is 4. The zero-order valence-electron chi connectivity index (χ0n) is 14.4. The number of piperidine rings is 1. The van der Waals surface area contributed by atoms with E-state index in [1.54, 1.807) is 5.48 Å². The molecular formula is C19H18N6O2. The van der Waals surface area contributed by atoms with Crippen LogP contribution in [0, 0.1) is 11.8 Å². The van der Waals surface area contributed by atoms with E-state index in [2.05, 4.69) is 37.3 Å². The highest BCUT2D eigenvalue weighted by atomic mass is 16.5. The molecule has 2 aromatic heterocycles. The third-order valence-corrected chi connectivity index (χ3v) is 5.39. The number of rotatable bonds is 4. The quantitative estimate of drug-likeness (QED) is 0.479. The second-order valence-corrected chi connectivity index (χ2v) is 7.00. The van der Waals surface area contributed by atoms with Crippen LogP contribution in [0.25, 0.3) is 10.9 Å². The average molecular weight is 362 g/mol. The topological polar surface area (TPSA) is 103 Å². The maximum Gasteiger partial charge on any atom is 0.277 e. The fourth-order valence-corrected chi connectivity index (χ4v) is 3.89. The van der Waals surface area contributed by atoms with E-state index in [0.717, 1.165) is 29.8 Å². The SMILES string of the molecule is O=C(NO)c1cnc(N2CC3C(C2)C3Nc2ccc3ccccc3n2)nc1. The minimum Gasteiger partial charge on any atom is -0.367 e. The first kappa shape index (κ1) is 16.0. The van der Waals surface area contributed by atoms with E-state index in [-0.39, 0.29) is 5.56 Å². The Hall–Kier alpha value is -3.26. The largest absolute Gasteiger partial charge is 0.367 e. The van der Waals surface area contributed by atoms with Gasteiger partial charge in [-0.25, -0.2) is 20.4 Å². The van der Waals surface area contributed by atoms with Crippen LogP contribution in [0.4, 0.5) is 11.8 Å². The van der Waals surface area contributed by atoms with E-state index < -0.39 is 5.91 Å². The van der Waals surface area contributed by atoms with Crippen LogP contribution >= 0.6 is 0 Å². The van der Waals surface area contributed by atoms with Gasteiger partial charge in [-0.2, -0.15) is 0 Å². The molecule has 3 aromatic rings. The summed E-state index contributed by atoms with van der Waals surface area (Å²) in [5.74, 6) is 2.00. The summed E-state index contributed by atoms with van der Waals surface area (Å²) in [6, 6.07) is 12.6. The summed E-state index contributed by atoms with van der Waals surface area (Å²) in [7, 11) is 0. The molecule has 1 saturated heterocycles. The maximum absolute atomic E-state index is 11.3. The number of fused-ring (bicyclic) bond motifs is 2. The van der Waals surface area contributed by atoms with Crippen LogP contribution in [0.3, 0.4) is 0 Å². The molecule has 1 amide bonds. The van der Waals surface area contributed by atoms with Gasteiger partial charge in [0.05, 0.1) is 11.1 Å². The molecule has 1 saturated carbocycles. The van der Waals surface area contributed by atoms with E-state index >= 15 is 0 Å². The van der Waals surface area contributed by atoms with Gasteiger partial charge in [0.25, 0.3) is 5.91 Å². The van der Waals surface area contributed by atoms with Gasteiger partial charge in [0.2, 0.25) is 5.95 Å². The third kappa shape index (κ3) is 2.83. The summed E-state index contributed by atoms with van der Waals surface area (Å²) in [5.41, 5.74) is 2.80. The Labute approximate surface area is 155 Å². The predicted molar refractivity (Wildman–Crippen MR) is 99.6 cm³/mol. The third-order valence-electron chi connectivity index (χ3n) is 5.39. The van der Waals surface area contributed by atoms with Gasteiger partial charge in [-0.05, 0) is 18.2 Å². The molecule has 8 heteroatoms. The van der Waals surface area contributed by atoms with Gasteiger partial charge in [0, 0.05) is 48.7 Å². The standard InChI is InChI=1S/C19H18N6O2/c26-18(24-27)12-7-20-19(21-8-12)25-9-13-14(10-25)17(13)23-16-6-5-11-3-1-2-4-15(11)22-16/h1-8,13-14,17,27H,9-10H2,(H,22,23)(H,24,26). The molecule has 0 bridgehead atoms. The fraction of sp³-hybridized carbons (Fsp3) is 0.263. The van der Waals surface area contributed by atoms with Gasteiger partial charge in [-0.3, -0.25) is 10.0 Å². The Balaban J connectivity index is 1.22. The number of aromatic nitrogens is 3. The molecule has 2 fully saturated rings. The van der Waals surface area contributed by atoms with E-state index in [9.17, 15) is 4.79 Å². The zero-order valence-corrected chi connectivity index (χ0v) is 14.4. The van der Waals surface area contributed by atoms with Gasteiger partial charge in [0.1, 0.15) is 5.82 Å². The van der Waals surface area contributed by atoms with Crippen molar-refractivity contribution < 1.29 is 10.0 Å². The number of pyridine rings is 1. The molecule has 0 spiro atoms. The molecule has 27 heavy (non-hydrogen) atoms. The Morgan fingerprint density at radius 3 is 2.56 bits per heavy atom. The summed E-state index contributed by atoms with van der Waals surface area (Å²) in [5, 5.41) is 13.3. The molecule has 8 nitrogen and oxygen atoms in total. The van der Waals surface area contributed by atoms with Crippen molar-refractivity contribution in [3.63, 3.8) is 0 Å². The van der Waals surface area contributed by atoms with Crippen molar-refractivity contribution in [3.05, 3.63) is 54.4 Å². The molecule has 136 valence electrons. The smallest absolute Gasteiger partial charge is 0.277 e. The predicted octanol–water partition coefficient (Wildman–Crippen LogP) is 1.69. The van der Waals surface area contributed by atoms with Crippen molar-refractivity contribution >= 4 is 28.6 Å². The van der Waals surface area contributed by atoms with Crippen molar-refractivity contribution in [2.24, 2.45) is 11.8 Å². The Bertz CT molecular complexity index is 997. The monoisotopic (exact) mass is 362 g/mol. The highest BCUT2D eigenvalue weighted by Crippen LogP contribution is 2.47. The second kappa shape index (κ2) is 6.17. The average Bonchev–Trinajstić information content (AvgIpc) is 3.14. The van der Waals surface area contributed by atoms with Crippen molar-refractivity contribution in [2.45, 2.75) is 6.04 Å². The number of amides is 1. The molecule has 1 aromatic carbocycles. The van der Waals surface area contributed by atoms with Crippen molar-refractivity contribution in [1.29, 1.82) is 0 Å². The number of benzene rings is 1. The van der Waals surface area contributed by atoms with E-state index in [1.807, 2.05) is 24.3 Å². The molecule has 3 heterocycles. The lowest BCUT2D eigenvalue weighted by Gasteiger charge is -2.20. The normalized spacial score (nSPS) is 23.1. The molecule has 1 aliphatic carbocycles. The van der Waals surface area contributed by atoms with Crippen LogP contribution in [0.5, 0.6) is 0 Å². The number of nitrogens with one attached hydrogen (secondary N) is 2. The Morgan fingerprint density at radius 2 is 1.81 bits per heavy atom. The van der Waals surface area contributed by atoms with Crippen LogP contribution in [0.2, 0.25) is 0 Å². The lowest BCUT2D eigenvalue weighted by molar-refractivity contribution is 0.0705. The van der Waals surface area contributed by atoms with E-state index in [1.165, 1.54) is 12.4 Å². The number of carbonyl (C=O) groups excluding carboxylic acids is 1. The van der Waals surface area contributed by atoms with Crippen molar-refractivity contribution in [2.75, 3.05) is 23.3 Å².